The summed E-state index contributed by atoms with van der Waals surface area (Å²) in [6, 6.07) is 8.94. The first kappa shape index (κ1) is 19.8. The molecule has 0 heterocycles. The Bertz CT molecular complexity index is 861. The summed E-state index contributed by atoms with van der Waals surface area (Å²) in [7, 11) is 0. The minimum Gasteiger partial charge on any atom is -0.487 e. The summed E-state index contributed by atoms with van der Waals surface area (Å²) in [6.45, 7) is 3.96. The van der Waals surface area contributed by atoms with Gasteiger partial charge in [-0.3, -0.25) is 14.9 Å². The number of hydrogen-bond acceptors (Lipinski definition) is 5. The molecule has 0 fully saturated rings. The lowest BCUT2D eigenvalue weighted by atomic mass is 10.2. The molecule has 1 N–H and O–H groups in total. The number of halogens is 2. The van der Waals surface area contributed by atoms with Crippen molar-refractivity contribution < 1.29 is 14.5 Å². The van der Waals surface area contributed by atoms with E-state index in [9.17, 15) is 14.9 Å². The van der Waals surface area contributed by atoms with E-state index in [4.69, 9.17) is 4.74 Å². The number of non-ortho nitro benzene ring substituents is 1. The molecule has 9 heteroatoms. The number of hydrogen-bond donors (Lipinski definition) is 1. The molecule has 1 amide bonds. The van der Waals surface area contributed by atoms with Crippen LogP contribution in [0.25, 0.3) is 0 Å². The van der Waals surface area contributed by atoms with Crippen molar-refractivity contribution in [2.45, 2.75) is 0 Å². The highest BCUT2D eigenvalue weighted by Crippen LogP contribution is 2.34. The van der Waals surface area contributed by atoms with Gasteiger partial charge in [0, 0.05) is 17.7 Å². The van der Waals surface area contributed by atoms with Gasteiger partial charge in [-0.05, 0) is 55.6 Å². The number of hydrazone groups is 1. The number of amides is 1. The summed E-state index contributed by atoms with van der Waals surface area (Å²) in [5, 5.41) is 14.6. The topological polar surface area (TPSA) is 93.8 Å². The Balaban J connectivity index is 2.08. The lowest BCUT2D eigenvalue weighted by Gasteiger charge is -2.09. The Morgan fingerprint density at radius 1 is 1.31 bits per heavy atom. The van der Waals surface area contributed by atoms with Gasteiger partial charge >= 0.3 is 0 Å². The van der Waals surface area contributed by atoms with Gasteiger partial charge in [0.25, 0.3) is 11.6 Å². The molecule has 0 aliphatic heterocycles. The second kappa shape index (κ2) is 9.25. The zero-order valence-electron chi connectivity index (χ0n) is 13.3. The van der Waals surface area contributed by atoms with Crippen LogP contribution in [0.1, 0.15) is 15.9 Å². The number of benzene rings is 2. The third-order valence-electron chi connectivity index (χ3n) is 3.07. The van der Waals surface area contributed by atoms with Crippen LogP contribution < -0.4 is 10.2 Å². The summed E-state index contributed by atoms with van der Waals surface area (Å²) >= 11 is 6.81. The van der Waals surface area contributed by atoms with E-state index in [-0.39, 0.29) is 11.3 Å². The molecule has 0 bridgehead atoms. The minimum atomic E-state index is -0.564. The number of nitrogens with one attached hydrogen (secondary N) is 1. The van der Waals surface area contributed by atoms with Crippen LogP contribution >= 0.6 is 31.9 Å². The molecule has 134 valence electrons. The van der Waals surface area contributed by atoms with Crippen LogP contribution in [-0.4, -0.2) is 23.7 Å². The molecule has 0 aliphatic rings. The standard InChI is InChI=1S/C17H13Br2N3O4/c1-2-6-26-16-14(18)7-11(8-15(16)19)10-20-21-17(23)12-4-3-5-13(9-12)22(24)25/h2-5,7-10H,1,6H2,(H,21,23)/b20-10-. The Morgan fingerprint density at radius 3 is 2.62 bits per heavy atom. The average molecular weight is 483 g/mol. The van der Waals surface area contributed by atoms with E-state index >= 15 is 0 Å². The van der Waals surface area contributed by atoms with Crippen molar-refractivity contribution in [1.82, 2.24) is 5.43 Å². The Kier molecular flexibility index (Phi) is 7.05. The van der Waals surface area contributed by atoms with E-state index in [1.807, 2.05) is 0 Å². The lowest BCUT2D eigenvalue weighted by molar-refractivity contribution is -0.384. The molecule has 2 aromatic carbocycles. The molecule has 26 heavy (non-hydrogen) atoms. The summed E-state index contributed by atoms with van der Waals surface area (Å²) < 4.78 is 6.94. The van der Waals surface area contributed by atoms with Crippen molar-refractivity contribution in [2.75, 3.05) is 6.61 Å². The largest absolute Gasteiger partial charge is 0.487 e. The quantitative estimate of drug-likeness (QED) is 0.273. The van der Waals surface area contributed by atoms with Crippen molar-refractivity contribution in [1.29, 1.82) is 0 Å². The minimum absolute atomic E-state index is 0.145. The summed E-state index contributed by atoms with van der Waals surface area (Å²) in [6.07, 6.45) is 3.08. The van der Waals surface area contributed by atoms with Gasteiger partial charge in [0.05, 0.1) is 20.1 Å². The molecule has 7 nitrogen and oxygen atoms in total. The molecule has 0 atom stereocenters. The number of nitro groups is 1. The monoisotopic (exact) mass is 481 g/mol. The predicted molar refractivity (Wildman–Crippen MR) is 106 cm³/mol. The molecule has 0 radical (unpaired) electrons. The smallest absolute Gasteiger partial charge is 0.271 e. The molecule has 0 saturated heterocycles. The average Bonchev–Trinajstić information content (AvgIpc) is 2.61. The van der Waals surface area contributed by atoms with Gasteiger partial charge < -0.3 is 4.74 Å². The second-order valence-corrected chi connectivity index (χ2v) is 6.63. The molecule has 2 aromatic rings. The number of carbonyl (C=O) groups excluding carboxylic acids is 1. The fourth-order valence-electron chi connectivity index (χ4n) is 1.92. The van der Waals surface area contributed by atoms with Gasteiger partial charge in [-0.25, -0.2) is 5.43 Å². The molecule has 0 saturated carbocycles. The lowest BCUT2D eigenvalue weighted by Crippen LogP contribution is -2.17. The molecular weight excluding hydrogens is 470 g/mol. The first-order valence-corrected chi connectivity index (χ1v) is 8.81. The number of rotatable bonds is 7. The summed E-state index contributed by atoms with van der Waals surface area (Å²) in [5.41, 5.74) is 3.02. The highest BCUT2D eigenvalue weighted by molar-refractivity contribution is 9.11. The molecule has 0 aromatic heterocycles. The Morgan fingerprint density at radius 2 is 2.00 bits per heavy atom. The van der Waals surface area contributed by atoms with Crippen LogP contribution in [0.15, 0.2) is 63.1 Å². The van der Waals surface area contributed by atoms with E-state index in [1.54, 1.807) is 18.2 Å². The fourth-order valence-corrected chi connectivity index (χ4v) is 3.38. The highest BCUT2D eigenvalue weighted by atomic mass is 79.9. The summed E-state index contributed by atoms with van der Waals surface area (Å²) in [5.74, 6) is 0.0803. The maximum absolute atomic E-state index is 12.0. The van der Waals surface area contributed by atoms with Crippen LogP contribution in [-0.2, 0) is 0 Å². The van der Waals surface area contributed by atoms with E-state index in [0.717, 1.165) is 0 Å². The number of ether oxygens (including phenoxy) is 1. The van der Waals surface area contributed by atoms with Gasteiger partial charge in [0.2, 0.25) is 0 Å². The predicted octanol–water partition coefficient (Wildman–Crippen LogP) is 4.45. The number of nitrogens with zero attached hydrogens (tertiary/aromatic N) is 2. The van der Waals surface area contributed by atoms with Crippen LogP contribution in [0.4, 0.5) is 5.69 Å². The van der Waals surface area contributed by atoms with Crippen molar-refractivity contribution in [3.8, 4) is 5.75 Å². The fraction of sp³-hybridized carbons (Fsp3) is 0.0588. The maximum Gasteiger partial charge on any atom is 0.271 e. The number of carbonyl (C=O) groups is 1. The molecule has 0 aliphatic carbocycles. The first-order chi connectivity index (χ1) is 12.4. The molecule has 0 spiro atoms. The Labute approximate surface area is 166 Å². The van der Waals surface area contributed by atoms with E-state index in [1.165, 1.54) is 30.5 Å². The SMILES string of the molecule is C=CCOc1c(Br)cc(/C=N\NC(=O)c2cccc([N+](=O)[O-])c2)cc1Br. The zero-order chi connectivity index (χ0) is 19.1. The van der Waals surface area contributed by atoms with Crippen molar-refractivity contribution in [3.05, 3.63) is 79.2 Å². The number of nitro benzene ring substituents is 1. The zero-order valence-corrected chi connectivity index (χ0v) is 16.5. The van der Waals surface area contributed by atoms with Gasteiger partial charge in [-0.2, -0.15) is 5.10 Å². The van der Waals surface area contributed by atoms with Crippen molar-refractivity contribution in [2.24, 2.45) is 5.10 Å². The van der Waals surface area contributed by atoms with E-state index in [0.29, 0.717) is 26.9 Å². The van der Waals surface area contributed by atoms with Gasteiger partial charge in [-0.15, -0.1) is 0 Å². The van der Waals surface area contributed by atoms with Gasteiger partial charge in [0.1, 0.15) is 12.4 Å². The normalized spacial score (nSPS) is 10.5. The third-order valence-corrected chi connectivity index (χ3v) is 4.24. The van der Waals surface area contributed by atoms with E-state index < -0.39 is 10.8 Å². The Hall–Kier alpha value is -2.52. The maximum atomic E-state index is 12.0. The van der Waals surface area contributed by atoms with Gasteiger partial charge in [0.15, 0.2) is 0 Å². The first-order valence-electron chi connectivity index (χ1n) is 7.23. The molecule has 2 rings (SSSR count). The van der Waals surface area contributed by atoms with E-state index in [2.05, 4.69) is 49.0 Å². The van der Waals surface area contributed by atoms with Crippen molar-refractivity contribution in [3.63, 3.8) is 0 Å². The van der Waals surface area contributed by atoms with Crippen LogP contribution in [0.5, 0.6) is 5.75 Å². The molecular formula is C17H13Br2N3O4. The highest BCUT2D eigenvalue weighted by Gasteiger charge is 2.11. The van der Waals surface area contributed by atoms with Crippen LogP contribution in [0.2, 0.25) is 0 Å². The molecule has 0 unspecified atom stereocenters. The van der Waals surface area contributed by atoms with Gasteiger partial charge in [-0.1, -0.05) is 18.7 Å². The van der Waals surface area contributed by atoms with Crippen LogP contribution in [0.3, 0.4) is 0 Å². The van der Waals surface area contributed by atoms with Crippen LogP contribution in [0, 0.1) is 10.1 Å². The second-order valence-electron chi connectivity index (χ2n) is 4.92. The third kappa shape index (κ3) is 5.24. The van der Waals surface area contributed by atoms with Crippen molar-refractivity contribution >= 4 is 49.7 Å². The summed E-state index contributed by atoms with van der Waals surface area (Å²) in [4.78, 5) is 22.2.